The van der Waals surface area contributed by atoms with E-state index in [1.807, 2.05) is 25.3 Å². The molecule has 0 unspecified atom stereocenters. The molecule has 74 valence electrons. The molecule has 1 aromatic carbocycles. The first-order chi connectivity index (χ1) is 6.66. The predicted octanol–water partition coefficient (Wildman–Crippen LogP) is 2.81. The third-order valence-electron chi connectivity index (χ3n) is 2.28. The molecule has 0 atom stereocenters. The molecule has 1 aromatic rings. The fourth-order valence-electron chi connectivity index (χ4n) is 1.30. The van der Waals surface area contributed by atoms with Crippen LogP contribution in [0.4, 0.5) is 5.69 Å². The second-order valence-electron chi connectivity index (χ2n) is 3.76. The van der Waals surface area contributed by atoms with Crippen LogP contribution in [0.15, 0.2) is 17.1 Å². The minimum atomic E-state index is 0.522. The summed E-state index contributed by atoms with van der Waals surface area (Å²) in [7, 11) is 0. The summed E-state index contributed by atoms with van der Waals surface area (Å²) in [5.41, 5.74) is 8.51. The fourth-order valence-corrected chi connectivity index (χ4v) is 1.58. The molecule has 0 amide bonds. The topological polar surface area (TPSA) is 38.4 Å². The number of nitrogens with two attached hydrogens (primary N) is 1. The zero-order valence-corrected chi connectivity index (χ0v) is 8.88. The maximum Gasteiger partial charge on any atom is 0.0644 e. The van der Waals surface area contributed by atoms with Crippen LogP contribution in [0.5, 0.6) is 0 Å². The summed E-state index contributed by atoms with van der Waals surface area (Å²) in [6.45, 7) is 2.00. The SMILES string of the molecule is Cc1cc(Cl)c(N)c(C=NC2CC2)c1. The molecule has 0 spiro atoms. The lowest BCUT2D eigenvalue weighted by molar-refractivity contribution is 1.08. The van der Waals surface area contributed by atoms with Crippen LogP contribution < -0.4 is 5.73 Å². The molecule has 3 heteroatoms. The first-order valence-electron chi connectivity index (χ1n) is 4.75. The molecule has 1 aliphatic carbocycles. The molecule has 0 radical (unpaired) electrons. The van der Waals surface area contributed by atoms with Crippen LogP contribution in [-0.2, 0) is 0 Å². The number of aryl methyl sites for hydroxylation is 1. The number of nitrogen functional groups attached to an aromatic ring is 1. The van der Waals surface area contributed by atoms with Crippen LogP contribution in [0.25, 0.3) is 0 Å². The van der Waals surface area contributed by atoms with Crippen molar-refractivity contribution >= 4 is 23.5 Å². The molecule has 0 aliphatic heterocycles. The summed E-state index contributed by atoms with van der Waals surface area (Å²) < 4.78 is 0. The first-order valence-corrected chi connectivity index (χ1v) is 5.13. The largest absolute Gasteiger partial charge is 0.397 e. The maximum atomic E-state index is 5.96. The Balaban J connectivity index is 2.30. The maximum absolute atomic E-state index is 5.96. The van der Waals surface area contributed by atoms with E-state index in [4.69, 9.17) is 17.3 Å². The van der Waals surface area contributed by atoms with Gasteiger partial charge in [0.05, 0.1) is 16.8 Å². The van der Waals surface area contributed by atoms with Gasteiger partial charge in [0.25, 0.3) is 0 Å². The van der Waals surface area contributed by atoms with Crippen molar-refractivity contribution in [3.8, 4) is 0 Å². The molecule has 0 bridgehead atoms. The molecule has 1 saturated carbocycles. The van der Waals surface area contributed by atoms with Crippen molar-refractivity contribution in [3.63, 3.8) is 0 Å². The quantitative estimate of drug-likeness (QED) is 0.589. The van der Waals surface area contributed by atoms with Gasteiger partial charge in [0.2, 0.25) is 0 Å². The van der Waals surface area contributed by atoms with Gasteiger partial charge in [-0.3, -0.25) is 4.99 Å². The highest BCUT2D eigenvalue weighted by atomic mass is 35.5. The lowest BCUT2D eigenvalue weighted by atomic mass is 10.1. The Morgan fingerprint density at radius 1 is 1.50 bits per heavy atom. The van der Waals surface area contributed by atoms with Gasteiger partial charge in [-0.2, -0.15) is 0 Å². The van der Waals surface area contributed by atoms with Crippen LogP contribution in [0.1, 0.15) is 24.0 Å². The number of benzene rings is 1. The van der Waals surface area contributed by atoms with Crippen LogP contribution in [0, 0.1) is 6.92 Å². The Kier molecular flexibility index (Phi) is 2.46. The van der Waals surface area contributed by atoms with Crippen LogP contribution in [0.2, 0.25) is 5.02 Å². The van der Waals surface area contributed by atoms with E-state index in [0.717, 1.165) is 11.1 Å². The number of anilines is 1. The van der Waals surface area contributed by atoms with Gasteiger partial charge < -0.3 is 5.73 Å². The minimum absolute atomic E-state index is 0.522. The minimum Gasteiger partial charge on any atom is -0.397 e. The second kappa shape index (κ2) is 3.62. The van der Waals surface area contributed by atoms with E-state index in [-0.39, 0.29) is 0 Å². The Hall–Kier alpha value is -1.02. The van der Waals surface area contributed by atoms with E-state index in [9.17, 15) is 0 Å². The van der Waals surface area contributed by atoms with Crippen molar-refractivity contribution in [2.75, 3.05) is 5.73 Å². The number of rotatable bonds is 2. The third kappa shape index (κ3) is 2.07. The standard InChI is InChI=1S/C11H13ClN2/c1-7-4-8(6-14-9-2-3-9)11(13)10(12)5-7/h4-6,9H,2-3,13H2,1H3. The third-order valence-corrected chi connectivity index (χ3v) is 2.59. The monoisotopic (exact) mass is 208 g/mol. The average molecular weight is 209 g/mol. The average Bonchev–Trinajstić information content (AvgIpc) is 2.92. The highest BCUT2D eigenvalue weighted by Gasteiger charge is 2.19. The van der Waals surface area contributed by atoms with Crippen molar-refractivity contribution in [1.29, 1.82) is 0 Å². The zero-order valence-electron chi connectivity index (χ0n) is 8.13. The number of aliphatic imine (C=N–C) groups is 1. The Morgan fingerprint density at radius 3 is 2.86 bits per heavy atom. The molecule has 2 nitrogen and oxygen atoms in total. The van der Waals surface area contributed by atoms with Gasteiger partial charge in [-0.05, 0) is 37.5 Å². The van der Waals surface area contributed by atoms with Crippen molar-refractivity contribution in [2.45, 2.75) is 25.8 Å². The van der Waals surface area contributed by atoms with Gasteiger partial charge in [0.1, 0.15) is 0 Å². The van der Waals surface area contributed by atoms with Gasteiger partial charge in [-0.15, -0.1) is 0 Å². The van der Waals surface area contributed by atoms with E-state index in [1.165, 1.54) is 12.8 Å². The van der Waals surface area contributed by atoms with Crippen molar-refractivity contribution in [1.82, 2.24) is 0 Å². The smallest absolute Gasteiger partial charge is 0.0644 e. The molecule has 14 heavy (non-hydrogen) atoms. The van der Waals surface area contributed by atoms with Crippen molar-refractivity contribution < 1.29 is 0 Å². The summed E-state index contributed by atoms with van der Waals surface area (Å²) in [6.07, 6.45) is 4.25. The predicted molar refractivity (Wildman–Crippen MR) is 61.2 cm³/mol. The van der Waals surface area contributed by atoms with Crippen LogP contribution >= 0.6 is 11.6 Å². The Morgan fingerprint density at radius 2 is 2.21 bits per heavy atom. The van der Waals surface area contributed by atoms with E-state index < -0.39 is 0 Å². The van der Waals surface area contributed by atoms with Crippen molar-refractivity contribution in [3.05, 3.63) is 28.3 Å². The molecule has 0 aromatic heterocycles. The fraction of sp³-hybridized carbons (Fsp3) is 0.364. The zero-order chi connectivity index (χ0) is 10.1. The lowest BCUT2D eigenvalue weighted by Crippen LogP contribution is -1.96. The normalized spacial score (nSPS) is 16.4. The van der Waals surface area contributed by atoms with E-state index in [0.29, 0.717) is 16.8 Å². The summed E-state index contributed by atoms with van der Waals surface area (Å²) in [4.78, 5) is 4.39. The highest BCUT2D eigenvalue weighted by Crippen LogP contribution is 2.26. The first kappa shape index (κ1) is 9.53. The van der Waals surface area contributed by atoms with Gasteiger partial charge in [-0.25, -0.2) is 0 Å². The molecule has 0 heterocycles. The van der Waals surface area contributed by atoms with E-state index in [1.54, 1.807) is 0 Å². The highest BCUT2D eigenvalue weighted by molar-refractivity contribution is 6.33. The van der Waals surface area contributed by atoms with E-state index >= 15 is 0 Å². The molecule has 2 rings (SSSR count). The number of hydrogen-bond donors (Lipinski definition) is 1. The van der Waals surface area contributed by atoms with Crippen LogP contribution in [0.3, 0.4) is 0 Å². The molecular weight excluding hydrogens is 196 g/mol. The summed E-state index contributed by atoms with van der Waals surface area (Å²) in [6, 6.07) is 4.40. The van der Waals surface area contributed by atoms with Gasteiger partial charge in [0, 0.05) is 11.8 Å². The van der Waals surface area contributed by atoms with Crippen molar-refractivity contribution in [2.24, 2.45) is 4.99 Å². The lowest BCUT2D eigenvalue weighted by Gasteiger charge is -2.04. The second-order valence-corrected chi connectivity index (χ2v) is 4.17. The summed E-state index contributed by atoms with van der Waals surface area (Å²) >= 11 is 5.96. The summed E-state index contributed by atoms with van der Waals surface area (Å²) in [5.74, 6) is 0. The Labute approximate surface area is 88.8 Å². The molecule has 1 aliphatic rings. The number of hydrogen-bond acceptors (Lipinski definition) is 2. The number of halogens is 1. The molecule has 1 fully saturated rings. The van der Waals surface area contributed by atoms with Crippen LogP contribution in [-0.4, -0.2) is 12.3 Å². The molecule has 0 saturated heterocycles. The number of nitrogens with zero attached hydrogens (tertiary/aromatic N) is 1. The van der Waals surface area contributed by atoms with Gasteiger partial charge in [0.15, 0.2) is 0 Å². The van der Waals surface area contributed by atoms with E-state index in [2.05, 4.69) is 4.99 Å². The summed E-state index contributed by atoms with van der Waals surface area (Å²) in [5, 5.41) is 0.613. The molecular formula is C11H13ClN2. The van der Waals surface area contributed by atoms with Gasteiger partial charge >= 0.3 is 0 Å². The van der Waals surface area contributed by atoms with Gasteiger partial charge in [-0.1, -0.05) is 11.6 Å². The Bertz CT molecular complexity index is 381. The molecule has 2 N–H and O–H groups in total.